The Morgan fingerprint density at radius 1 is 1.06 bits per heavy atom. The highest BCUT2D eigenvalue weighted by molar-refractivity contribution is 6.45. The summed E-state index contributed by atoms with van der Waals surface area (Å²) in [5, 5.41) is 16.7. The Balaban J connectivity index is 2.27. The molecule has 0 unspecified atom stereocenters. The van der Waals surface area contributed by atoms with Crippen LogP contribution in [-0.2, 0) is 27.2 Å². The summed E-state index contributed by atoms with van der Waals surface area (Å²) in [5.74, 6) is -0.0551. The van der Waals surface area contributed by atoms with E-state index in [2.05, 4.69) is 15.3 Å². The van der Waals surface area contributed by atoms with E-state index >= 15 is 0 Å². The SMILES string of the molecule is CON=C(C(=NC#N)OC)c1ccccc1CON=C(C)c1cccc(C(F)(F)F)c1. The maximum absolute atomic E-state index is 12.9. The van der Waals surface area contributed by atoms with E-state index in [1.807, 2.05) is 0 Å². The zero-order chi connectivity index (χ0) is 22.9. The third-order valence-electron chi connectivity index (χ3n) is 4.03. The Morgan fingerprint density at radius 2 is 1.81 bits per heavy atom. The number of nitriles is 1. The van der Waals surface area contributed by atoms with Gasteiger partial charge in [-0.1, -0.05) is 46.7 Å². The van der Waals surface area contributed by atoms with Crippen molar-refractivity contribution in [2.24, 2.45) is 15.3 Å². The summed E-state index contributed by atoms with van der Waals surface area (Å²) < 4.78 is 43.8. The van der Waals surface area contributed by atoms with Gasteiger partial charge in [-0.25, -0.2) is 0 Å². The Morgan fingerprint density at radius 3 is 2.45 bits per heavy atom. The van der Waals surface area contributed by atoms with E-state index in [1.54, 1.807) is 37.4 Å². The average molecular weight is 432 g/mol. The predicted molar refractivity (Wildman–Crippen MR) is 108 cm³/mol. The number of oxime groups is 2. The highest BCUT2D eigenvalue weighted by Gasteiger charge is 2.30. The van der Waals surface area contributed by atoms with Crippen LogP contribution in [0.4, 0.5) is 13.2 Å². The van der Waals surface area contributed by atoms with E-state index in [4.69, 9.17) is 19.7 Å². The average Bonchev–Trinajstić information content (AvgIpc) is 2.76. The molecular weight excluding hydrogens is 413 g/mol. The van der Waals surface area contributed by atoms with E-state index in [0.29, 0.717) is 11.1 Å². The van der Waals surface area contributed by atoms with Crippen LogP contribution < -0.4 is 0 Å². The van der Waals surface area contributed by atoms with Crippen molar-refractivity contribution in [2.75, 3.05) is 14.2 Å². The number of alkyl halides is 3. The zero-order valence-corrected chi connectivity index (χ0v) is 17.0. The normalized spacial score (nSPS) is 12.9. The van der Waals surface area contributed by atoms with Crippen molar-refractivity contribution in [2.45, 2.75) is 19.7 Å². The lowest BCUT2D eigenvalue weighted by molar-refractivity contribution is -0.137. The second-order valence-corrected chi connectivity index (χ2v) is 6.03. The summed E-state index contributed by atoms with van der Waals surface area (Å²) in [4.78, 5) is 13.8. The molecule has 0 saturated carbocycles. The molecule has 2 aromatic carbocycles. The van der Waals surface area contributed by atoms with Crippen LogP contribution in [0, 0.1) is 11.5 Å². The molecule has 2 rings (SSSR count). The number of aliphatic imine (C=N–C) groups is 1. The fraction of sp³-hybridized carbons (Fsp3) is 0.238. The van der Waals surface area contributed by atoms with Crippen LogP contribution in [0.2, 0.25) is 0 Å². The molecule has 0 fully saturated rings. The van der Waals surface area contributed by atoms with Crippen LogP contribution in [0.3, 0.4) is 0 Å². The first-order valence-electron chi connectivity index (χ1n) is 8.86. The number of nitrogens with zero attached hydrogens (tertiary/aromatic N) is 4. The highest BCUT2D eigenvalue weighted by Crippen LogP contribution is 2.29. The minimum absolute atomic E-state index is 0.0290. The lowest BCUT2D eigenvalue weighted by Gasteiger charge is -2.12. The number of methoxy groups -OCH3 is 1. The summed E-state index contributed by atoms with van der Waals surface area (Å²) in [5.41, 5.74) is 1.10. The zero-order valence-electron chi connectivity index (χ0n) is 17.0. The molecule has 2 aromatic rings. The van der Waals surface area contributed by atoms with E-state index < -0.39 is 11.7 Å². The van der Waals surface area contributed by atoms with Crippen LogP contribution in [0.25, 0.3) is 0 Å². The molecule has 0 saturated heterocycles. The highest BCUT2D eigenvalue weighted by atomic mass is 19.4. The monoisotopic (exact) mass is 432 g/mol. The first-order valence-corrected chi connectivity index (χ1v) is 8.86. The minimum atomic E-state index is -4.45. The van der Waals surface area contributed by atoms with E-state index in [1.165, 1.54) is 26.4 Å². The fourth-order valence-electron chi connectivity index (χ4n) is 2.58. The van der Waals surface area contributed by atoms with Crippen molar-refractivity contribution >= 4 is 17.3 Å². The van der Waals surface area contributed by atoms with E-state index in [-0.39, 0.29) is 29.5 Å². The van der Waals surface area contributed by atoms with Crippen LogP contribution in [0.1, 0.15) is 29.2 Å². The number of benzene rings is 2. The molecule has 0 atom stereocenters. The Bertz CT molecular complexity index is 1040. The van der Waals surface area contributed by atoms with Crippen LogP contribution >= 0.6 is 0 Å². The Hall–Kier alpha value is -3.87. The number of rotatable bonds is 7. The Kier molecular flexibility index (Phi) is 8.14. The van der Waals surface area contributed by atoms with Gasteiger partial charge in [0.2, 0.25) is 6.19 Å². The van der Waals surface area contributed by atoms with Gasteiger partial charge in [0, 0.05) is 11.1 Å². The first kappa shape index (κ1) is 23.4. The molecule has 0 radical (unpaired) electrons. The topological polar surface area (TPSA) is 88.6 Å². The third-order valence-corrected chi connectivity index (χ3v) is 4.03. The van der Waals surface area contributed by atoms with Crippen molar-refractivity contribution < 1.29 is 27.6 Å². The van der Waals surface area contributed by atoms with Gasteiger partial charge in [-0.15, -0.1) is 4.99 Å². The molecule has 0 aliphatic heterocycles. The standard InChI is InChI=1S/C21H19F3N4O3/c1-14(15-8-6-9-17(11-15)21(22,23)24)27-31-12-16-7-4-5-10-18(16)19(28-30-3)20(29-2)26-13-25/h4-11H,12H2,1-3H3. The molecule has 0 heterocycles. The molecule has 162 valence electrons. The second-order valence-electron chi connectivity index (χ2n) is 6.03. The quantitative estimate of drug-likeness (QED) is 0.278. The molecule has 0 aliphatic rings. The van der Waals surface area contributed by atoms with E-state index in [0.717, 1.165) is 12.1 Å². The summed E-state index contributed by atoms with van der Waals surface area (Å²) >= 11 is 0. The molecular formula is C21H19F3N4O3. The summed E-state index contributed by atoms with van der Waals surface area (Å²) in [6.07, 6.45) is -2.82. The third kappa shape index (κ3) is 6.30. The van der Waals surface area contributed by atoms with Gasteiger partial charge in [-0.2, -0.15) is 18.4 Å². The smallest absolute Gasteiger partial charge is 0.416 e. The first-order chi connectivity index (χ1) is 14.8. The molecule has 31 heavy (non-hydrogen) atoms. The maximum Gasteiger partial charge on any atom is 0.416 e. The fourth-order valence-corrected chi connectivity index (χ4v) is 2.58. The van der Waals surface area contributed by atoms with Gasteiger partial charge in [0.05, 0.1) is 18.4 Å². The van der Waals surface area contributed by atoms with E-state index in [9.17, 15) is 13.2 Å². The summed E-state index contributed by atoms with van der Waals surface area (Å²) in [7, 11) is 2.67. The lowest BCUT2D eigenvalue weighted by Crippen LogP contribution is -2.20. The van der Waals surface area contributed by atoms with Gasteiger partial charge >= 0.3 is 6.18 Å². The van der Waals surface area contributed by atoms with Crippen molar-refractivity contribution in [3.63, 3.8) is 0 Å². The van der Waals surface area contributed by atoms with Crippen molar-refractivity contribution in [3.05, 3.63) is 70.8 Å². The van der Waals surface area contributed by atoms with Crippen molar-refractivity contribution in [1.29, 1.82) is 5.26 Å². The molecule has 0 aliphatic carbocycles. The van der Waals surface area contributed by atoms with Crippen LogP contribution in [0.15, 0.2) is 63.8 Å². The van der Waals surface area contributed by atoms with Gasteiger partial charge in [0.15, 0.2) is 5.71 Å². The van der Waals surface area contributed by atoms with Gasteiger partial charge in [-0.3, -0.25) is 0 Å². The van der Waals surface area contributed by atoms with Gasteiger partial charge in [0.25, 0.3) is 5.90 Å². The molecule has 0 bridgehead atoms. The molecule has 0 N–H and O–H groups in total. The van der Waals surface area contributed by atoms with Crippen molar-refractivity contribution in [1.82, 2.24) is 0 Å². The summed E-state index contributed by atoms with van der Waals surface area (Å²) in [6, 6.07) is 11.7. The minimum Gasteiger partial charge on any atom is -0.479 e. The van der Waals surface area contributed by atoms with Crippen molar-refractivity contribution in [3.8, 4) is 6.19 Å². The number of hydrogen-bond donors (Lipinski definition) is 0. The number of ether oxygens (including phenoxy) is 1. The maximum atomic E-state index is 12.9. The predicted octanol–water partition coefficient (Wildman–Crippen LogP) is 4.52. The van der Waals surface area contributed by atoms with Gasteiger partial charge < -0.3 is 14.4 Å². The van der Waals surface area contributed by atoms with Crippen LogP contribution in [-0.4, -0.2) is 31.5 Å². The largest absolute Gasteiger partial charge is 0.479 e. The molecule has 0 aromatic heterocycles. The second kappa shape index (κ2) is 10.8. The Labute approximate surface area is 177 Å². The lowest BCUT2D eigenvalue weighted by atomic mass is 10.0. The van der Waals surface area contributed by atoms with Crippen LogP contribution in [0.5, 0.6) is 0 Å². The summed E-state index contributed by atoms with van der Waals surface area (Å²) in [6.45, 7) is 1.51. The molecule has 7 nitrogen and oxygen atoms in total. The van der Waals surface area contributed by atoms with Gasteiger partial charge in [0.1, 0.15) is 13.7 Å². The molecule has 0 amide bonds. The molecule has 10 heteroatoms. The molecule has 0 spiro atoms. The number of halogens is 3. The van der Waals surface area contributed by atoms with Gasteiger partial charge in [-0.05, 0) is 24.6 Å². The number of hydrogen-bond acceptors (Lipinski definition) is 7.